The van der Waals surface area contributed by atoms with Gasteiger partial charge >= 0.3 is 5.97 Å². The van der Waals surface area contributed by atoms with Crippen LogP contribution in [-0.4, -0.2) is 31.7 Å². The normalized spacial score (nSPS) is 10.2. The summed E-state index contributed by atoms with van der Waals surface area (Å²) in [6.07, 6.45) is 0.867. The fourth-order valence-corrected chi connectivity index (χ4v) is 2.28. The lowest BCUT2D eigenvalue weighted by Gasteiger charge is -2.12. The van der Waals surface area contributed by atoms with Crippen molar-refractivity contribution < 1.29 is 23.8 Å². The number of aryl methyl sites for hydroxylation is 2. The summed E-state index contributed by atoms with van der Waals surface area (Å²) < 4.78 is 16.0. The highest BCUT2D eigenvalue weighted by Crippen LogP contribution is 2.26. The second kappa shape index (κ2) is 10.2. The number of rotatable bonds is 9. The fourth-order valence-electron chi connectivity index (χ4n) is 2.28. The lowest BCUT2D eigenvalue weighted by Crippen LogP contribution is -2.24. The second-order valence-corrected chi connectivity index (χ2v) is 6.11. The molecule has 0 fully saturated rings. The molecule has 2 rings (SSSR count). The number of anilines is 1. The molecule has 0 unspecified atom stereocenters. The lowest BCUT2D eigenvalue weighted by molar-refractivity contribution is -0.149. The van der Waals surface area contributed by atoms with Crippen molar-refractivity contribution >= 4 is 17.6 Å². The number of hydrogen-bond acceptors (Lipinski definition) is 5. The Morgan fingerprint density at radius 1 is 0.963 bits per heavy atom. The van der Waals surface area contributed by atoms with Crippen LogP contribution in [0.1, 0.15) is 24.5 Å². The number of benzene rings is 2. The van der Waals surface area contributed by atoms with Crippen molar-refractivity contribution in [2.45, 2.75) is 27.2 Å². The molecule has 1 amide bonds. The van der Waals surface area contributed by atoms with E-state index in [9.17, 15) is 9.59 Å². The fraction of sp³-hybridized carbons (Fsp3) is 0.333. The van der Waals surface area contributed by atoms with Crippen LogP contribution in [0, 0.1) is 13.8 Å². The first kappa shape index (κ1) is 20.3. The van der Waals surface area contributed by atoms with Crippen molar-refractivity contribution in [3.05, 3.63) is 53.6 Å². The van der Waals surface area contributed by atoms with Gasteiger partial charge in [-0.05, 0) is 49.6 Å². The van der Waals surface area contributed by atoms with Gasteiger partial charge in [0.1, 0.15) is 0 Å². The molecule has 0 spiro atoms. The molecule has 0 bridgehead atoms. The molecule has 1 N–H and O–H groups in total. The summed E-state index contributed by atoms with van der Waals surface area (Å²) in [7, 11) is 0. The van der Waals surface area contributed by atoms with Gasteiger partial charge in [-0.2, -0.15) is 0 Å². The molecule has 2 aromatic carbocycles. The Kier molecular flexibility index (Phi) is 7.67. The molecule has 0 saturated carbocycles. The minimum Gasteiger partial charge on any atom is -0.490 e. The van der Waals surface area contributed by atoms with Crippen LogP contribution in [0.15, 0.2) is 42.5 Å². The Hall–Kier alpha value is -3.02. The van der Waals surface area contributed by atoms with Crippen molar-refractivity contribution in [3.63, 3.8) is 0 Å². The van der Waals surface area contributed by atoms with Crippen molar-refractivity contribution in [1.29, 1.82) is 0 Å². The van der Waals surface area contributed by atoms with Crippen LogP contribution in [0.25, 0.3) is 0 Å². The van der Waals surface area contributed by atoms with E-state index in [2.05, 4.69) is 5.32 Å². The molecule has 0 saturated heterocycles. The van der Waals surface area contributed by atoms with E-state index in [0.717, 1.165) is 17.5 Å². The molecule has 0 aliphatic rings. The predicted molar refractivity (Wildman–Crippen MR) is 103 cm³/mol. The summed E-state index contributed by atoms with van der Waals surface area (Å²) >= 11 is 0. The quantitative estimate of drug-likeness (QED) is 0.681. The third-order valence-corrected chi connectivity index (χ3v) is 3.69. The molecule has 0 aromatic heterocycles. The Balaban J connectivity index is 1.79. The van der Waals surface area contributed by atoms with E-state index in [1.807, 2.05) is 45.0 Å². The van der Waals surface area contributed by atoms with E-state index in [0.29, 0.717) is 23.8 Å². The molecule has 2 aromatic rings. The minimum absolute atomic E-state index is 0.302. The van der Waals surface area contributed by atoms with Crippen LogP contribution in [0.3, 0.4) is 0 Å². The minimum atomic E-state index is -0.628. The standard InChI is InChI=1S/C21H25NO5/c1-4-11-25-18-7-5-6-8-19(18)26-14-21(24)27-13-20(23)22-17-12-15(2)9-10-16(17)3/h5-10,12H,4,11,13-14H2,1-3H3,(H,22,23). The van der Waals surface area contributed by atoms with Gasteiger partial charge in [0.2, 0.25) is 0 Å². The van der Waals surface area contributed by atoms with Crippen LogP contribution in [0.5, 0.6) is 11.5 Å². The summed E-state index contributed by atoms with van der Waals surface area (Å²) in [5.74, 6) is 0.00249. The van der Waals surface area contributed by atoms with Crippen LogP contribution < -0.4 is 14.8 Å². The number of hydrogen-bond donors (Lipinski definition) is 1. The summed E-state index contributed by atoms with van der Waals surface area (Å²) in [6, 6.07) is 12.9. The van der Waals surface area contributed by atoms with Crippen molar-refractivity contribution in [2.75, 3.05) is 25.1 Å². The zero-order valence-corrected chi connectivity index (χ0v) is 15.9. The smallest absolute Gasteiger partial charge is 0.344 e. The van der Waals surface area contributed by atoms with Crippen molar-refractivity contribution in [1.82, 2.24) is 0 Å². The molecule has 0 aliphatic carbocycles. The van der Waals surface area contributed by atoms with Crippen molar-refractivity contribution in [2.24, 2.45) is 0 Å². The molecule has 6 heteroatoms. The predicted octanol–water partition coefficient (Wildman–Crippen LogP) is 3.65. The summed E-state index contributed by atoms with van der Waals surface area (Å²) in [5.41, 5.74) is 2.67. The maximum absolute atomic E-state index is 12.0. The number of nitrogens with one attached hydrogen (secondary N) is 1. The number of carbonyl (C=O) groups is 2. The first-order valence-electron chi connectivity index (χ1n) is 8.87. The number of esters is 1. The Morgan fingerprint density at radius 2 is 1.67 bits per heavy atom. The highest BCUT2D eigenvalue weighted by molar-refractivity contribution is 5.93. The van der Waals surface area contributed by atoms with E-state index in [-0.39, 0.29) is 13.2 Å². The highest BCUT2D eigenvalue weighted by Gasteiger charge is 2.11. The first-order chi connectivity index (χ1) is 13.0. The van der Waals surface area contributed by atoms with Crippen molar-refractivity contribution in [3.8, 4) is 11.5 Å². The van der Waals surface area contributed by atoms with Gasteiger partial charge < -0.3 is 19.5 Å². The Labute approximate surface area is 159 Å². The van der Waals surface area contributed by atoms with Gasteiger partial charge in [0.25, 0.3) is 5.91 Å². The summed E-state index contributed by atoms with van der Waals surface area (Å²) in [4.78, 5) is 23.8. The Morgan fingerprint density at radius 3 is 2.37 bits per heavy atom. The molecule has 0 heterocycles. The van der Waals surface area contributed by atoms with Gasteiger partial charge in [-0.25, -0.2) is 4.79 Å². The number of amides is 1. The topological polar surface area (TPSA) is 73.9 Å². The third-order valence-electron chi connectivity index (χ3n) is 3.69. The van der Waals surface area contributed by atoms with Crippen LogP contribution in [0.4, 0.5) is 5.69 Å². The zero-order valence-electron chi connectivity index (χ0n) is 15.9. The van der Waals surface area contributed by atoms with Crippen LogP contribution >= 0.6 is 0 Å². The molecule has 27 heavy (non-hydrogen) atoms. The van der Waals surface area contributed by atoms with Gasteiger partial charge in [-0.15, -0.1) is 0 Å². The molecule has 0 aliphatic heterocycles. The molecule has 144 valence electrons. The van der Waals surface area contributed by atoms with E-state index in [4.69, 9.17) is 14.2 Å². The van der Waals surface area contributed by atoms with E-state index in [1.54, 1.807) is 18.2 Å². The highest BCUT2D eigenvalue weighted by atomic mass is 16.6. The summed E-state index contributed by atoms with van der Waals surface area (Å²) in [5, 5.41) is 2.74. The number of para-hydroxylation sites is 2. The van der Waals surface area contributed by atoms with Crippen LogP contribution in [0.2, 0.25) is 0 Å². The lowest BCUT2D eigenvalue weighted by atomic mass is 10.1. The van der Waals surface area contributed by atoms with E-state index in [1.165, 1.54) is 0 Å². The SMILES string of the molecule is CCCOc1ccccc1OCC(=O)OCC(=O)Nc1cc(C)ccc1C. The van der Waals surface area contributed by atoms with Gasteiger partial charge in [0.15, 0.2) is 24.7 Å². The average molecular weight is 371 g/mol. The molecular weight excluding hydrogens is 346 g/mol. The summed E-state index contributed by atoms with van der Waals surface area (Å²) in [6.45, 7) is 5.72. The monoisotopic (exact) mass is 371 g/mol. The molecule has 0 atom stereocenters. The Bertz CT molecular complexity index is 788. The largest absolute Gasteiger partial charge is 0.490 e. The maximum Gasteiger partial charge on any atom is 0.344 e. The van der Waals surface area contributed by atoms with Gasteiger partial charge in [-0.1, -0.05) is 31.2 Å². The third kappa shape index (κ3) is 6.66. The number of ether oxygens (including phenoxy) is 3. The van der Waals surface area contributed by atoms with Gasteiger partial charge in [-0.3, -0.25) is 4.79 Å². The van der Waals surface area contributed by atoms with E-state index < -0.39 is 11.9 Å². The second-order valence-electron chi connectivity index (χ2n) is 6.11. The van der Waals surface area contributed by atoms with Crippen LogP contribution in [-0.2, 0) is 14.3 Å². The van der Waals surface area contributed by atoms with E-state index >= 15 is 0 Å². The molecule has 6 nitrogen and oxygen atoms in total. The first-order valence-corrected chi connectivity index (χ1v) is 8.87. The average Bonchev–Trinajstić information content (AvgIpc) is 2.66. The van der Waals surface area contributed by atoms with Gasteiger partial charge in [0.05, 0.1) is 6.61 Å². The maximum atomic E-state index is 12.0. The molecular formula is C21H25NO5. The number of carbonyl (C=O) groups excluding carboxylic acids is 2. The zero-order chi connectivity index (χ0) is 19.6. The molecule has 0 radical (unpaired) electrons. The van der Waals surface area contributed by atoms with Gasteiger partial charge in [0, 0.05) is 5.69 Å².